The Hall–Kier alpha value is -3.36. The fourth-order valence-electron chi connectivity index (χ4n) is 6.48. The zero-order valence-electron chi connectivity index (χ0n) is 27.1. The summed E-state index contributed by atoms with van der Waals surface area (Å²) in [5.74, 6) is -0.155. The minimum Gasteiger partial charge on any atom is -0.481 e. The molecule has 2 unspecified atom stereocenters. The van der Waals surface area contributed by atoms with Gasteiger partial charge < -0.3 is 23.8 Å². The predicted octanol–water partition coefficient (Wildman–Crippen LogP) is 4.84. The number of alkyl halides is 3. The van der Waals surface area contributed by atoms with Crippen LogP contribution in [0.25, 0.3) is 0 Å². The molecule has 2 aliphatic heterocycles. The molecule has 264 valence electrons. The SMILES string of the molecule is COCCC(=O)N1CCN2C(CN(Cc3c(OC)nc(OC)nc3OCC(F)(F)F)CC2C(c2ccccc2)c2ccccc2)C1.Cl.Cl. The van der Waals surface area contributed by atoms with Crippen LogP contribution in [0, 0.1) is 0 Å². The number of methoxy groups -OCH3 is 3. The van der Waals surface area contributed by atoms with Crippen molar-refractivity contribution in [3.63, 3.8) is 0 Å². The van der Waals surface area contributed by atoms with Gasteiger partial charge in [0.1, 0.15) is 0 Å². The lowest BCUT2D eigenvalue weighted by atomic mass is 9.81. The summed E-state index contributed by atoms with van der Waals surface area (Å²) in [4.78, 5) is 28.0. The van der Waals surface area contributed by atoms with Crippen molar-refractivity contribution in [1.29, 1.82) is 0 Å². The summed E-state index contributed by atoms with van der Waals surface area (Å²) in [5, 5.41) is 0. The third kappa shape index (κ3) is 9.63. The van der Waals surface area contributed by atoms with Crippen LogP contribution in [0.2, 0.25) is 0 Å². The molecule has 1 aromatic heterocycles. The van der Waals surface area contributed by atoms with E-state index in [0.29, 0.717) is 51.3 Å². The van der Waals surface area contributed by atoms with Gasteiger partial charge in [-0.15, -0.1) is 24.8 Å². The van der Waals surface area contributed by atoms with E-state index in [9.17, 15) is 18.0 Å². The van der Waals surface area contributed by atoms with Gasteiger partial charge in [0, 0.05) is 64.4 Å². The zero-order valence-corrected chi connectivity index (χ0v) is 28.7. The molecule has 2 aliphatic rings. The molecule has 0 spiro atoms. The highest BCUT2D eigenvalue weighted by Gasteiger charge is 2.43. The molecule has 0 radical (unpaired) electrons. The summed E-state index contributed by atoms with van der Waals surface area (Å²) >= 11 is 0. The number of benzene rings is 2. The first kappa shape index (κ1) is 39.1. The molecule has 5 rings (SSSR count). The molecule has 15 heteroatoms. The van der Waals surface area contributed by atoms with Gasteiger partial charge in [-0.3, -0.25) is 14.6 Å². The van der Waals surface area contributed by atoms with Gasteiger partial charge >= 0.3 is 12.2 Å². The van der Waals surface area contributed by atoms with Crippen molar-refractivity contribution in [2.24, 2.45) is 0 Å². The lowest BCUT2D eigenvalue weighted by Crippen LogP contribution is -2.67. The summed E-state index contributed by atoms with van der Waals surface area (Å²) in [6, 6.07) is 20.4. The fraction of sp³-hybridized carbons (Fsp3) is 0.485. The van der Waals surface area contributed by atoms with E-state index >= 15 is 0 Å². The number of carbonyl (C=O) groups is 1. The normalized spacial score (nSPS) is 18.4. The van der Waals surface area contributed by atoms with Crippen molar-refractivity contribution < 1.29 is 36.9 Å². The number of carbonyl (C=O) groups excluding carboxylic acids is 1. The Labute approximate surface area is 291 Å². The lowest BCUT2D eigenvalue weighted by molar-refractivity contribution is -0.154. The number of fused-ring (bicyclic) bond motifs is 1. The first-order valence-corrected chi connectivity index (χ1v) is 15.2. The highest BCUT2D eigenvalue weighted by Crippen LogP contribution is 2.38. The molecular formula is C33H42Cl2F3N5O5. The Morgan fingerprint density at radius 1 is 0.875 bits per heavy atom. The van der Waals surface area contributed by atoms with Crippen LogP contribution in [0.15, 0.2) is 60.7 Å². The highest BCUT2D eigenvalue weighted by molar-refractivity contribution is 5.85. The Morgan fingerprint density at radius 2 is 1.50 bits per heavy atom. The second-order valence-corrected chi connectivity index (χ2v) is 11.4. The minimum atomic E-state index is -4.57. The summed E-state index contributed by atoms with van der Waals surface area (Å²) < 4.78 is 60.7. The molecular weight excluding hydrogens is 674 g/mol. The van der Waals surface area contributed by atoms with Crippen molar-refractivity contribution in [1.82, 2.24) is 24.7 Å². The van der Waals surface area contributed by atoms with E-state index < -0.39 is 12.8 Å². The van der Waals surface area contributed by atoms with Crippen molar-refractivity contribution in [3.05, 3.63) is 77.4 Å². The van der Waals surface area contributed by atoms with E-state index in [1.165, 1.54) is 14.2 Å². The number of hydrogen-bond donors (Lipinski definition) is 0. The highest BCUT2D eigenvalue weighted by atomic mass is 35.5. The average molecular weight is 717 g/mol. The minimum absolute atomic E-state index is 0. The number of halogens is 5. The number of amides is 1. The zero-order chi connectivity index (χ0) is 32.7. The number of aromatic nitrogens is 2. The Bertz CT molecular complexity index is 1400. The van der Waals surface area contributed by atoms with Crippen molar-refractivity contribution in [2.75, 3.05) is 67.3 Å². The van der Waals surface area contributed by atoms with Crippen molar-refractivity contribution >= 4 is 30.7 Å². The molecule has 3 heterocycles. The summed E-state index contributed by atoms with van der Waals surface area (Å²) in [6.07, 6.45) is -4.27. The molecule has 2 atom stereocenters. The van der Waals surface area contributed by atoms with Crippen LogP contribution in [0.5, 0.6) is 17.8 Å². The standard InChI is InChI=1S/C33H40F3N5O5.2ClH/c1-43-17-14-28(42)40-15-16-41-25(19-40)18-39(20-26-30(44-2)37-32(45-3)38-31(26)46-22-33(34,35)36)21-27(41)29(23-10-6-4-7-11-23)24-12-8-5-9-13-24;;/h4-13,25,27,29H,14-22H2,1-3H3;2*1H. The molecule has 0 N–H and O–H groups in total. The molecule has 2 aromatic carbocycles. The van der Waals surface area contributed by atoms with E-state index in [-0.39, 0.29) is 73.0 Å². The number of rotatable bonds is 12. The largest absolute Gasteiger partial charge is 0.481 e. The van der Waals surface area contributed by atoms with E-state index in [1.54, 1.807) is 7.11 Å². The molecule has 2 fully saturated rings. The van der Waals surface area contributed by atoms with Gasteiger partial charge in [0.25, 0.3) is 0 Å². The van der Waals surface area contributed by atoms with Crippen LogP contribution in [-0.4, -0.2) is 116 Å². The van der Waals surface area contributed by atoms with E-state index in [0.717, 1.165) is 11.1 Å². The Morgan fingerprint density at radius 3 is 2.06 bits per heavy atom. The average Bonchev–Trinajstić information content (AvgIpc) is 3.07. The maximum Gasteiger partial charge on any atom is 0.422 e. The van der Waals surface area contributed by atoms with Crippen LogP contribution in [-0.2, 0) is 16.1 Å². The predicted molar refractivity (Wildman–Crippen MR) is 179 cm³/mol. The van der Waals surface area contributed by atoms with E-state index in [1.807, 2.05) is 41.3 Å². The number of hydrogen-bond acceptors (Lipinski definition) is 9. The maximum absolute atomic E-state index is 13.2. The van der Waals surface area contributed by atoms with Crippen molar-refractivity contribution in [2.45, 2.75) is 37.1 Å². The van der Waals surface area contributed by atoms with Crippen LogP contribution < -0.4 is 14.2 Å². The summed E-state index contributed by atoms with van der Waals surface area (Å²) in [6.45, 7) is 1.92. The van der Waals surface area contributed by atoms with Gasteiger partial charge in [0.2, 0.25) is 17.7 Å². The second-order valence-electron chi connectivity index (χ2n) is 11.4. The molecule has 48 heavy (non-hydrogen) atoms. The van der Waals surface area contributed by atoms with Crippen LogP contribution >= 0.6 is 24.8 Å². The fourth-order valence-corrected chi connectivity index (χ4v) is 6.48. The van der Waals surface area contributed by atoms with Gasteiger partial charge in [0.05, 0.1) is 32.8 Å². The van der Waals surface area contributed by atoms with Gasteiger partial charge in [0.15, 0.2) is 6.61 Å². The Balaban J connectivity index is 0.00000312. The molecule has 3 aromatic rings. The summed E-state index contributed by atoms with van der Waals surface area (Å²) in [5.41, 5.74) is 2.59. The summed E-state index contributed by atoms with van der Waals surface area (Å²) in [7, 11) is 4.29. The third-order valence-electron chi connectivity index (χ3n) is 8.48. The number of ether oxygens (including phenoxy) is 4. The molecule has 0 bridgehead atoms. The first-order chi connectivity index (χ1) is 22.2. The smallest absolute Gasteiger partial charge is 0.422 e. The second kappa shape index (κ2) is 17.9. The van der Waals surface area contributed by atoms with Crippen LogP contribution in [0.4, 0.5) is 13.2 Å². The number of nitrogens with zero attached hydrogens (tertiary/aromatic N) is 5. The quantitative estimate of drug-likeness (QED) is 0.261. The van der Waals surface area contributed by atoms with Gasteiger partial charge in [-0.2, -0.15) is 23.1 Å². The lowest BCUT2D eigenvalue weighted by Gasteiger charge is -2.53. The molecule has 2 saturated heterocycles. The van der Waals surface area contributed by atoms with Crippen LogP contribution in [0.3, 0.4) is 0 Å². The molecule has 1 amide bonds. The van der Waals surface area contributed by atoms with E-state index in [2.05, 4.69) is 44.0 Å². The van der Waals surface area contributed by atoms with Gasteiger partial charge in [-0.25, -0.2) is 0 Å². The van der Waals surface area contributed by atoms with E-state index in [4.69, 9.17) is 18.9 Å². The van der Waals surface area contributed by atoms with Gasteiger partial charge in [-0.05, 0) is 11.1 Å². The molecule has 10 nitrogen and oxygen atoms in total. The van der Waals surface area contributed by atoms with Crippen molar-refractivity contribution in [3.8, 4) is 17.8 Å². The number of piperazine rings is 2. The molecule has 0 aliphatic carbocycles. The maximum atomic E-state index is 13.2. The first-order valence-electron chi connectivity index (χ1n) is 15.2. The topological polar surface area (TPSA) is 89.5 Å². The van der Waals surface area contributed by atoms with Gasteiger partial charge in [-0.1, -0.05) is 60.7 Å². The van der Waals surface area contributed by atoms with Crippen LogP contribution in [0.1, 0.15) is 29.0 Å². The molecule has 0 saturated carbocycles. The Kier molecular flexibility index (Phi) is 14.5. The third-order valence-corrected chi connectivity index (χ3v) is 8.48. The monoisotopic (exact) mass is 715 g/mol.